The Labute approximate surface area is 157 Å². The summed E-state index contributed by atoms with van der Waals surface area (Å²) in [4.78, 5) is 12.0. The molecule has 26 heavy (non-hydrogen) atoms. The van der Waals surface area contributed by atoms with Gasteiger partial charge in [-0.05, 0) is 69.0 Å². The first-order valence-corrected chi connectivity index (χ1v) is 9.63. The third kappa shape index (κ3) is 3.33. The van der Waals surface area contributed by atoms with E-state index >= 15 is 0 Å². The highest BCUT2D eigenvalue weighted by Crippen LogP contribution is 2.31. The second kappa shape index (κ2) is 7.50. The molecular weight excluding hydrogens is 346 g/mol. The Bertz CT molecular complexity index is 943. The fraction of sp³-hybridized carbons (Fsp3) is 0.350. The lowest BCUT2D eigenvalue weighted by Crippen LogP contribution is -2.06. The van der Waals surface area contributed by atoms with Gasteiger partial charge in [-0.15, -0.1) is 10.2 Å². The minimum absolute atomic E-state index is 0.114. The van der Waals surface area contributed by atoms with Crippen molar-refractivity contribution in [2.75, 3.05) is 0 Å². The number of hydrogen-bond donors (Lipinski definition) is 0. The molecule has 136 valence electrons. The van der Waals surface area contributed by atoms with E-state index in [-0.39, 0.29) is 5.78 Å². The Hall–Kier alpha value is -2.34. The molecule has 0 spiro atoms. The van der Waals surface area contributed by atoms with Gasteiger partial charge in [0.25, 0.3) is 0 Å². The van der Waals surface area contributed by atoms with Crippen molar-refractivity contribution in [2.45, 2.75) is 52.1 Å². The summed E-state index contributed by atoms with van der Waals surface area (Å²) in [6.45, 7) is 10.6. The summed E-state index contributed by atoms with van der Waals surface area (Å²) in [5.74, 6) is 2.31. The van der Waals surface area contributed by atoms with Crippen molar-refractivity contribution in [1.82, 2.24) is 14.8 Å². The van der Waals surface area contributed by atoms with E-state index in [1.165, 1.54) is 11.1 Å². The number of aryl methyl sites for hydroxylation is 2. The summed E-state index contributed by atoms with van der Waals surface area (Å²) in [6, 6.07) is 5.83. The molecule has 0 amide bonds. The third-order valence-corrected chi connectivity index (χ3v) is 5.60. The van der Waals surface area contributed by atoms with E-state index in [4.69, 9.17) is 4.42 Å². The van der Waals surface area contributed by atoms with Crippen molar-refractivity contribution in [3.8, 4) is 11.6 Å². The zero-order valence-electron chi connectivity index (χ0n) is 15.8. The molecule has 2 heterocycles. The van der Waals surface area contributed by atoms with Crippen LogP contribution in [0.2, 0.25) is 0 Å². The predicted octanol–water partition coefficient (Wildman–Crippen LogP) is 4.98. The highest BCUT2D eigenvalue weighted by molar-refractivity contribution is 7.98. The van der Waals surface area contributed by atoms with Crippen LogP contribution in [-0.2, 0) is 12.3 Å². The lowest BCUT2D eigenvalue weighted by atomic mass is 9.92. The topological polar surface area (TPSA) is 60.9 Å². The molecule has 6 heteroatoms. The number of nitrogens with zero attached hydrogens (tertiary/aromatic N) is 3. The zero-order chi connectivity index (χ0) is 18.8. The van der Waals surface area contributed by atoms with E-state index in [2.05, 4.69) is 30.1 Å². The van der Waals surface area contributed by atoms with E-state index in [0.29, 0.717) is 5.76 Å². The first-order valence-electron chi connectivity index (χ1n) is 8.64. The van der Waals surface area contributed by atoms with Crippen molar-refractivity contribution < 1.29 is 9.21 Å². The largest absolute Gasteiger partial charge is 0.461 e. The maximum absolute atomic E-state index is 12.0. The molecule has 0 unspecified atom stereocenters. The maximum Gasteiger partial charge on any atom is 0.200 e. The average molecular weight is 369 g/mol. The Morgan fingerprint density at radius 2 is 2.00 bits per heavy atom. The van der Waals surface area contributed by atoms with Crippen LogP contribution in [0.25, 0.3) is 11.6 Å². The van der Waals surface area contributed by atoms with Gasteiger partial charge in [-0.1, -0.05) is 17.8 Å². The molecule has 0 aliphatic rings. The van der Waals surface area contributed by atoms with E-state index < -0.39 is 0 Å². The minimum atomic E-state index is 0.114. The molecule has 3 aromatic rings. The average Bonchev–Trinajstić information content (AvgIpc) is 3.22. The van der Waals surface area contributed by atoms with Crippen LogP contribution in [0, 0.1) is 20.8 Å². The van der Waals surface area contributed by atoms with Gasteiger partial charge in [0.1, 0.15) is 0 Å². The third-order valence-electron chi connectivity index (χ3n) is 4.60. The first-order chi connectivity index (χ1) is 12.4. The van der Waals surface area contributed by atoms with Gasteiger partial charge >= 0.3 is 0 Å². The van der Waals surface area contributed by atoms with Crippen LogP contribution >= 0.6 is 11.8 Å². The van der Waals surface area contributed by atoms with Crippen LogP contribution in [0.15, 0.2) is 34.0 Å². The molecule has 0 fully saturated rings. The van der Waals surface area contributed by atoms with E-state index in [1.54, 1.807) is 24.9 Å². The number of rotatable bonds is 6. The molecule has 0 atom stereocenters. The van der Waals surface area contributed by atoms with Gasteiger partial charge in [0.2, 0.25) is 0 Å². The van der Waals surface area contributed by atoms with Crippen molar-refractivity contribution >= 4 is 17.5 Å². The quantitative estimate of drug-likeness (QED) is 0.453. The summed E-state index contributed by atoms with van der Waals surface area (Å²) in [7, 11) is 0. The molecule has 3 rings (SSSR count). The molecule has 5 nitrogen and oxygen atoms in total. The smallest absolute Gasteiger partial charge is 0.200 e. The molecule has 2 aromatic heterocycles. The number of carbonyl (C=O) groups excluding carboxylic acids is 1. The molecular formula is C20H23N3O2S. The fourth-order valence-corrected chi connectivity index (χ4v) is 4.58. The van der Waals surface area contributed by atoms with E-state index in [0.717, 1.165) is 40.0 Å². The van der Waals surface area contributed by atoms with Gasteiger partial charge in [0, 0.05) is 17.9 Å². The molecule has 0 aliphatic heterocycles. The Kier molecular flexibility index (Phi) is 5.32. The fourth-order valence-electron chi connectivity index (χ4n) is 3.40. The zero-order valence-corrected chi connectivity index (χ0v) is 16.6. The molecule has 0 N–H and O–H groups in total. The Morgan fingerprint density at radius 3 is 2.62 bits per heavy atom. The number of ketones is 1. The molecule has 0 radical (unpaired) electrons. The number of Topliss-reactive ketones (excluding diaryl/α,β-unsaturated/α-hetero) is 1. The van der Waals surface area contributed by atoms with Crippen molar-refractivity contribution in [2.24, 2.45) is 0 Å². The molecule has 0 aliphatic carbocycles. The van der Waals surface area contributed by atoms with Crippen LogP contribution in [0.1, 0.15) is 46.5 Å². The van der Waals surface area contributed by atoms with Gasteiger partial charge in [-0.3, -0.25) is 9.36 Å². The lowest BCUT2D eigenvalue weighted by Gasteiger charge is -2.15. The minimum Gasteiger partial charge on any atom is -0.461 e. The monoisotopic (exact) mass is 369 g/mol. The number of benzene rings is 1. The summed E-state index contributed by atoms with van der Waals surface area (Å²) in [5.41, 5.74) is 5.33. The van der Waals surface area contributed by atoms with Crippen LogP contribution in [0.5, 0.6) is 0 Å². The van der Waals surface area contributed by atoms with Gasteiger partial charge in [0.05, 0.1) is 6.26 Å². The highest BCUT2D eigenvalue weighted by Gasteiger charge is 2.18. The normalized spacial score (nSPS) is 11.1. The highest BCUT2D eigenvalue weighted by atomic mass is 32.2. The van der Waals surface area contributed by atoms with Crippen LogP contribution < -0.4 is 0 Å². The SMILES string of the molecule is CCn1c(SCc2c(C)cc(C)c(C(C)=O)c2C)nnc1-c1ccco1. The molecule has 1 aromatic carbocycles. The van der Waals surface area contributed by atoms with Crippen LogP contribution in [-0.4, -0.2) is 20.5 Å². The lowest BCUT2D eigenvalue weighted by molar-refractivity contribution is 0.101. The van der Waals surface area contributed by atoms with Crippen LogP contribution in [0.3, 0.4) is 0 Å². The second-order valence-corrected chi connectivity index (χ2v) is 7.30. The number of carbonyl (C=O) groups is 1. The predicted molar refractivity (Wildman–Crippen MR) is 104 cm³/mol. The second-order valence-electron chi connectivity index (χ2n) is 6.36. The number of hydrogen-bond acceptors (Lipinski definition) is 5. The first kappa shape index (κ1) is 18.5. The van der Waals surface area contributed by atoms with Crippen molar-refractivity contribution in [3.63, 3.8) is 0 Å². The summed E-state index contributed by atoms with van der Waals surface area (Å²) < 4.78 is 7.51. The van der Waals surface area contributed by atoms with E-state index in [1.807, 2.05) is 30.5 Å². The molecule has 0 bridgehead atoms. The van der Waals surface area contributed by atoms with E-state index in [9.17, 15) is 4.79 Å². The van der Waals surface area contributed by atoms with Crippen LogP contribution in [0.4, 0.5) is 0 Å². The van der Waals surface area contributed by atoms with Crippen molar-refractivity contribution in [3.05, 3.63) is 52.3 Å². The Morgan fingerprint density at radius 1 is 1.23 bits per heavy atom. The summed E-state index contributed by atoms with van der Waals surface area (Å²) in [6.07, 6.45) is 1.64. The van der Waals surface area contributed by atoms with Gasteiger partial charge < -0.3 is 4.42 Å². The van der Waals surface area contributed by atoms with Gasteiger partial charge in [0.15, 0.2) is 22.5 Å². The number of thioether (sulfide) groups is 1. The molecule has 0 saturated carbocycles. The molecule has 0 saturated heterocycles. The standard InChI is InChI=1S/C20H23N3O2S/c1-6-23-19(17-8-7-9-25-17)21-22-20(23)26-11-16-12(2)10-13(3)18(14(16)4)15(5)24/h7-10H,6,11H2,1-5H3. The Balaban J connectivity index is 1.91. The number of furan rings is 1. The maximum atomic E-state index is 12.0. The summed E-state index contributed by atoms with van der Waals surface area (Å²) >= 11 is 1.63. The summed E-state index contributed by atoms with van der Waals surface area (Å²) in [5, 5.41) is 9.48. The van der Waals surface area contributed by atoms with Gasteiger partial charge in [-0.25, -0.2) is 0 Å². The number of aromatic nitrogens is 3. The van der Waals surface area contributed by atoms with Gasteiger partial charge in [-0.2, -0.15) is 0 Å². The van der Waals surface area contributed by atoms with Crippen molar-refractivity contribution in [1.29, 1.82) is 0 Å².